The van der Waals surface area contributed by atoms with Crippen molar-refractivity contribution in [3.8, 4) is 6.07 Å². The predicted molar refractivity (Wildman–Crippen MR) is 78.6 cm³/mol. The Bertz CT molecular complexity index is 790. The van der Waals surface area contributed by atoms with Crippen LogP contribution in [0.5, 0.6) is 0 Å². The lowest BCUT2D eigenvalue weighted by Gasteiger charge is -3.13. The fourth-order valence-corrected chi connectivity index (χ4v) is 8.52. The zero-order valence-corrected chi connectivity index (χ0v) is 12.8. The van der Waals surface area contributed by atoms with Crippen LogP contribution in [0.4, 0.5) is 0 Å². The lowest BCUT2D eigenvalue weighted by atomic mass is 8.87. The first kappa shape index (κ1) is 12.5. The van der Waals surface area contributed by atoms with Gasteiger partial charge in [0.1, 0.15) is 0 Å². The number of hydrogen-bond donors (Lipinski definition) is 1. The number of carbonyl (C=O) groups excluding carboxylic acids is 1. The summed E-state index contributed by atoms with van der Waals surface area (Å²) in [4.78, 5) is 12.4. The molecule has 0 aromatic heterocycles. The topological polar surface area (TPSA) is 70.3 Å². The highest BCUT2D eigenvalue weighted by Gasteiger charge is 3.18. The maximum absolute atomic E-state index is 12.4. The van der Waals surface area contributed by atoms with E-state index in [-0.39, 0.29) is 35.7 Å². The normalized spacial score (nSPS) is 55.6. The molecule has 1 aromatic carbocycles. The molecule has 0 radical (unpaired) electrons. The Morgan fingerprint density at radius 1 is 1.30 bits per heavy atom. The molecule has 6 aliphatic carbocycles. The van der Waals surface area contributed by atoms with Gasteiger partial charge < -0.3 is 9.84 Å². The van der Waals surface area contributed by atoms with Crippen LogP contribution in [0.25, 0.3) is 0 Å². The molecular formula is C19H17NO3. The minimum absolute atomic E-state index is 0.0803. The Morgan fingerprint density at radius 2 is 1.96 bits per heavy atom. The Morgan fingerprint density at radius 3 is 2.48 bits per heavy atom. The Balaban J connectivity index is 1.43. The van der Waals surface area contributed by atoms with E-state index in [0.717, 1.165) is 0 Å². The summed E-state index contributed by atoms with van der Waals surface area (Å²) in [7, 11) is 1.44. The van der Waals surface area contributed by atoms with Crippen LogP contribution in [0.2, 0.25) is 0 Å². The first-order valence-corrected chi connectivity index (χ1v) is 8.36. The van der Waals surface area contributed by atoms with Crippen LogP contribution >= 0.6 is 0 Å². The molecule has 6 aliphatic rings. The highest BCUT2D eigenvalue weighted by molar-refractivity contribution is 5.91. The number of aliphatic hydroxyl groups is 1. The number of hydrogen-bond acceptors (Lipinski definition) is 4. The molecule has 5 unspecified atom stereocenters. The number of carbonyl (C=O) groups is 1. The zero-order chi connectivity index (χ0) is 15.8. The van der Waals surface area contributed by atoms with Gasteiger partial charge in [-0.1, -0.05) is 30.3 Å². The molecule has 6 fully saturated rings. The molecule has 6 saturated carbocycles. The molecule has 0 bridgehead atoms. The number of esters is 1. The molecule has 5 atom stereocenters. The Kier molecular flexibility index (Phi) is 1.74. The summed E-state index contributed by atoms with van der Waals surface area (Å²) in [6, 6.07) is 12.7. The fraction of sp³-hybridized carbons (Fsp3) is 0.579. The molecule has 116 valence electrons. The van der Waals surface area contributed by atoms with Crippen molar-refractivity contribution in [1.29, 1.82) is 5.26 Å². The zero-order valence-electron chi connectivity index (χ0n) is 12.8. The first-order chi connectivity index (χ1) is 11.2. The third-order valence-corrected chi connectivity index (χ3v) is 8.56. The van der Waals surface area contributed by atoms with E-state index in [0.29, 0.717) is 17.8 Å². The number of nitrogens with zero attached hydrogens (tertiary/aromatic N) is 1. The van der Waals surface area contributed by atoms with Gasteiger partial charge in [-0.3, -0.25) is 4.79 Å². The van der Waals surface area contributed by atoms with Crippen LogP contribution in [-0.4, -0.2) is 24.8 Å². The molecule has 4 heteroatoms. The molecule has 4 nitrogen and oxygen atoms in total. The van der Waals surface area contributed by atoms with Crippen molar-refractivity contribution in [2.45, 2.75) is 5.92 Å². The Labute approximate surface area is 134 Å². The maximum Gasteiger partial charge on any atom is 0.314 e. The van der Waals surface area contributed by atoms with Crippen LogP contribution < -0.4 is 0 Å². The Hall–Kier alpha value is -1.86. The number of rotatable bonds is 4. The number of benzene rings is 1. The summed E-state index contributed by atoms with van der Waals surface area (Å²) in [6.07, 6.45) is 0. The molecule has 7 rings (SSSR count). The second kappa shape index (κ2) is 3.18. The molecule has 0 aliphatic heterocycles. The summed E-state index contributed by atoms with van der Waals surface area (Å²) in [5, 5.41) is 19.9. The smallest absolute Gasteiger partial charge is 0.314 e. The van der Waals surface area contributed by atoms with Crippen molar-refractivity contribution in [3.05, 3.63) is 35.9 Å². The molecule has 0 heterocycles. The number of ether oxygens (including phenoxy) is 1. The van der Waals surface area contributed by atoms with Crippen molar-refractivity contribution in [2.75, 3.05) is 13.7 Å². The second-order valence-corrected chi connectivity index (χ2v) is 8.02. The highest BCUT2D eigenvalue weighted by Crippen LogP contribution is 3.15. The number of methoxy groups -OCH3 is 1. The minimum atomic E-state index is -0.480. The van der Waals surface area contributed by atoms with Gasteiger partial charge in [-0.2, -0.15) is 5.26 Å². The molecular weight excluding hydrogens is 290 g/mol. The van der Waals surface area contributed by atoms with Crippen LogP contribution in [0.3, 0.4) is 0 Å². The van der Waals surface area contributed by atoms with E-state index in [1.54, 1.807) is 0 Å². The summed E-state index contributed by atoms with van der Waals surface area (Å²) < 4.78 is 5.05. The third kappa shape index (κ3) is 0.717. The average molecular weight is 307 g/mol. The van der Waals surface area contributed by atoms with Crippen LogP contribution in [0.15, 0.2) is 30.3 Å². The molecule has 1 N–H and O–H groups in total. The van der Waals surface area contributed by atoms with Gasteiger partial charge in [-0.25, -0.2) is 0 Å². The van der Waals surface area contributed by atoms with Crippen molar-refractivity contribution in [1.82, 2.24) is 0 Å². The van der Waals surface area contributed by atoms with E-state index in [4.69, 9.17) is 4.74 Å². The summed E-state index contributed by atoms with van der Waals surface area (Å²) in [6.45, 7) is 0.125. The highest BCUT2D eigenvalue weighted by atomic mass is 16.5. The fourth-order valence-electron chi connectivity index (χ4n) is 8.52. The lowest BCUT2D eigenvalue weighted by Crippen LogP contribution is -3.15. The van der Waals surface area contributed by atoms with Gasteiger partial charge in [0.15, 0.2) is 0 Å². The van der Waals surface area contributed by atoms with E-state index in [2.05, 4.69) is 18.2 Å². The quantitative estimate of drug-likeness (QED) is 0.857. The summed E-state index contributed by atoms with van der Waals surface area (Å²) >= 11 is 0. The standard InChI is InChI=1S/C19H17NO3/c1-23-16(22)19-12-11-13(19)15-17(19,8-20)14(12)18(11,15)10(7-21)9-5-3-2-4-6-9/h2-6,10-15,21H,7H2,1H3. The average Bonchev–Trinajstić information content (AvgIpc) is 2.62. The van der Waals surface area contributed by atoms with Crippen molar-refractivity contribution in [3.63, 3.8) is 0 Å². The largest absolute Gasteiger partial charge is 0.469 e. The van der Waals surface area contributed by atoms with Crippen molar-refractivity contribution >= 4 is 5.97 Å². The van der Waals surface area contributed by atoms with Gasteiger partial charge in [0, 0.05) is 5.92 Å². The van der Waals surface area contributed by atoms with E-state index in [9.17, 15) is 15.2 Å². The SMILES string of the molecule is COC(=O)C12C3C4C1C1C4(C(CO)c4ccccc4)C3C12C#N. The third-order valence-electron chi connectivity index (χ3n) is 8.56. The van der Waals surface area contributed by atoms with Gasteiger partial charge in [0.05, 0.1) is 30.6 Å². The lowest BCUT2D eigenvalue weighted by molar-refractivity contribution is -0.675. The summed E-state index contributed by atoms with van der Waals surface area (Å²) in [5.74, 6) is 1.71. The summed E-state index contributed by atoms with van der Waals surface area (Å²) in [5.41, 5.74) is 0.295. The predicted octanol–water partition coefficient (Wildman–Crippen LogP) is 1.57. The van der Waals surface area contributed by atoms with Gasteiger partial charge in [0.25, 0.3) is 0 Å². The molecule has 23 heavy (non-hydrogen) atoms. The maximum atomic E-state index is 12.4. The van der Waals surface area contributed by atoms with Crippen molar-refractivity contribution in [2.24, 2.45) is 45.8 Å². The molecule has 0 spiro atoms. The number of nitriles is 1. The van der Waals surface area contributed by atoms with Gasteiger partial charge in [0.2, 0.25) is 0 Å². The van der Waals surface area contributed by atoms with E-state index < -0.39 is 10.8 Å². The monoisotopic (exact) mass is 307 g/mol. The molecule has 0 amide bonds. The van der Waals surface area contributed by atoms with Gasteiger partial charge in [-0.15, -0.1) is 0 Å². The van der Waals surface area contributed by atoms with Crippen molar-refractivity contribution < 1.29 is 14.6 Å². The van der Waals surface area contributed by atoms with Crippen LogP contribution in [0.1, 0.15) is 11.5 Å². The van der Waals surface area contributed by atoms with E-state index >= 15 is 0 Å². The first-order valence-electron chi connectivity index (χ1n) is 8.36. The van der Waals surface area contributed by atoms with E-state index in [1.165, 1.54) is 12.7 Å². The van der Waals surface area contributed by atoms with Crippen LogP contribution in [0, 0.1) is 57.2 Å². The second-order valence-electron chi connectivity index (χ2n) is 8.02. The van der Waals surface area contributed by atoms with E-state index in [1.807, 2.05) is 18.2 Å². The molecule has 0 saturated heterocycles. The minimum Gasteiger partial charge on any atom is -0.469 e. The van der Waals surface area contributed by atoms with Gasteiger partial charge >= 0.3 is 5.97 Å². The van der Waals surface area contributed by atoms with Gasteiger partial charge in [-0.05, 0) is 40.6 Å². The molecule has 1 aromatic rings. The number of aliphatic hydroxyl groups excluding tert-OH is 1. The van der Waals surface area contributed by atoms with Crippen LogP contribution in [-0.2, 0) is 9.53 Å².